The van der Waals surface area contributed by atoms with E-state index in [1.165, 1.54) is 0 Å². The van der Waals surface area contributed by atoms with E-state index in [2.05, 4.69) is 10.1 Å². The monoisotopic (exact) mass is 459 g/mol. The molecule has 1 aliphatic heterocycles. The van der Waals surface area contributed by atoms with Crippen LogP contribution in [-0.4, -0.2) is 44.1 Å². The summed E-state index contributed by atoms with van der Waals surface area (Å²) in [5, 5.41) is 4.68. The molecule has 1 fully saturated rings. The molecule has 31 heavy (non-hydrogen) atoms. The van der Waals surface area contributed by atoms with Gasteiger partial charge in [-0.3, -0.25) is 0 Å². The fraction of sp³-hybridized carbons (Fsp3) is 0.348. The first-order valence-corrected chi connectivity index (χ1v) is 12.1. The molecule has 1 aliphatic rings. The fourth-order valence-corrected chi connectivity index (χ4v) is 6.00. The Morgan fingerprint density at radius 3 is 2.26 bits per heavy atom. The molecule has 1 saturated heterocycles. The minimum absolute atomic E-state index is 0.331. The van der Waals surface area contributed by atoms with Crippen LogP contribution in [0, 0.1) is 27.7 Å². The van der Waals surface area contributed by atoms with Gasteiger partial charge >= 0.3 is 0 Å². The van der Waals surface area contributed by atoms with Gasteiger partial charge in [-0.15, -0.1) is 0 Å². The van der Waals surface area contributed by atoms with E-state index in [0.29, 0.717) is 41.9 Å². The Hall–Kier alpha value is -2.35. The average Bonchev–Trinajstić information content (AvgIpc) is 3.08. The number of aromatic nitrogens is 1. The largest absolute Gasteiger partial charge is 0.369 e. The van der Waals surface area contributed by atoms with Gasteiger partial charge in [0.1, 0.15) is 5.76 Å². The first-order valence-electron chi connectivity index (χ1n) is 10.2. The lowest BCUT2D eigenvalue weighted by atomic mass is 10.0. The standard InChI is InChI=1S/C23H26ClN3O3S/c1-15-6-8-20(24)14-21(15)26-9-11-27(12-10-26)31(28,29)22-13-19(7-5-16(22)2)23-17(3)25-30-18(23)4/h5-8,13-14H,9-12H2,1-4H3. The molecule has 0 N–H and O–H groups in total. The molecule has 2 heterocycles. The number of rotatable bonds is 4. The number of anilines is 1. The van der Waals surface area contributed by atoms with Gasteiger partial charge in [0, 0.05) is 42.5 Å². The van der Waals surface area contributed by atoms with E-state index in [1.807, 2.05) is 58.0 Å². The Balaban J connectivity index is 1.60. The summed E-state index contributed by atoms with van der Waals surface area (Å²) in [4.78, 5) is 2.53. The van der Waals surface area contributed by atoms with Crippen molar-refractivity contribution in [1.82, 2.24) is 9.46 Å². The van der Waals surface area contributed by atoms with Crippen molar-refractivity contribution in [3.8, 4) is 11.1 Å². The van der Waals surface area contributed by atoms with E-state index >= 15 is 0 Å². The second-order valence-electron chi connectivity index (χ2n) is 8.00. The second kappa shape index (κ2) is 8.30. The zero-order valence-corrected chi connectivity index (χ0v) is 19.7. The van der Waals surface area contributed by atoms with Crippen molar-refractivity contribution in [2.45, 2.75) is 32.6 Å². The first-order chi connectivity index (χ1) is 14.7. The SMILES string of the molecule is Cc1ccc(Cl)cc1N1CCN(S(=O)(=O)c2cc(-c3c(C)noc3C)ccc2C)CC1. The van der Waals surface area contributed by atoms with Crippen LogP contribution in [0.5, 0.6) is 0 Å². The molecule has 0 saturated carbocycles. The summed E-state index contributed by atoms with van der Waals surface area (Å²) in [6.45, 7) is 9.63. The Morgan fingerprint density at radius 2 is 1.61 bits per heavy atom. The fourth-order valence-electron chi connectivity index (χ4n) is 4.16. The number of hydrogen-bond donors (Lipinski definition) is 0. The number of aryl methyl sites for hydroxylation is 4. The Labute approximate surface area is 188 Å². The van der Waals surface area contributed by atoms with E-state index in [-0.39, 0.29) is 0 Å². The van der Waals surface area contributed by atoms with Crippen molar-refractivity contribution in [3.63, 3.8) is 0 Å². The van der Waals surface area contributed by atoms with Crippen molar-refractivity contribution in [2.75, 3.05) is 31.1 Å². The molecule has 2 aromatic carbocycles. The van der Waals surface area contributed by atoms with Gasteiger partial charge in [0.25, 0.3) is 0 Å². The van der Waals surface area contributed by atoms with E-state index in [0.717, 1.165) is 33.6 Å². The summed E-state index contributed by atoms with van der Waals surface area (Å²) in [6, 6.07) is 11.3. The minimum Gasteiger partial charge on any atom is -0.369 e. The van der Waals surface area contributed by atoms with Gasteiger partial charge in [-0.2, -0.15) is 4.31 Å². The van der Waals surface area contributed by atoms with Crippen molar-refractivity contribution in [1.29, 1.82) is 0 Å². The zero-order chi connectivity index (χ0) is 22.3. The zero-order valence-electron chi connectivity index (χ0n) is 18.1. The molecule has 3 aromatic rings. The summed E-state index contributed by atoms with van der Waals surface area (Å²) in [5.41, 5.74) is 5.30. The number of piperazine rings is 1. The lowest BCUT2D eigenvalue weighted by Crippen LogP contribution is -2.49. The maximum Gasteiger partial charge on any atom is 0.243 e. The normalized spacial score (nSPS) is 15.5. The van der Waals surface area contributed by atoms with Crippen molar-refractivity contribution in [3.05, 3.63) is 64.0 Å². The third-order valence-electron chi connectivity index (χ3n) is 5.88. The van der Waals surface area contributed by atoms with Crippen LogP contribution in [0.4, 0.5) is 5.69 Å². The minimum atomic E-state index is -3.63. The van der Waals surface area contributed by atoms with Crippen molar-refractivity contribution in [2.24, 2.45) is 0 Å². The smallest absolute Gasteiger partial charge is 0.243 e. The highest BCUT2D eigenvalue weighted by molar-refractivity contribution is 7.89. The highest BCUT2D eigenvalue weighted by atomic mass is 35.5. The maximum atomic E-state index is 13.5. The van der Waals surface area contributed by atoms with E-state index in [9.17, 15) is 8.42 Å². The molecule has 0 amide bonds. The number of sulfonamides is 1. The molecule has 0 bridgehead atoms. The van der Waals surface area contributed by atoms with Gasteiger partial charge in [0.05, 0.1) is 10.6 Å². The summed E-state index contributed by atoms with van der Waals surface area (Å²) in [7, 11) is -3.63. The van der Waals surface area contributed by atoms with Gasteiger partial charge < -0.3 is 9.42 Å². The highest BCUT2D eigenvalue weighted by Crippen LogP contribution is 2.32. The predicted octanol–water partition coefficient (Wildman–Crippen LogP) is 4.74. The van der Waals surface area contributed by atoms with Crippen LogP contribution in [0.25, 0.3) is 11.1 Å². The van der Waals surface area contributed by atoms with E-state index < -0.39 is 10.0 Å². The lowest BCUT2D eigenvalue weighted by Gasteiger charge is -2.36. The molecule has 164 valence electrons. The molecule has 0 spiro atoms. The molecule has 4 rings (SSSR count). The molecular weight excluding hydrogens is 434 g/mol. The lowest BCUT2D eigenvalue weighted by molar-refractivity contribution is 0.384. The first kappa shape index (κ1) is 21.9. The van der Waals surface area contributed by atoms with E-state index in [4.69, 9.17) is 16.1 Å². The third-order valence-corrected chi connectivity index (χ3v) is 8.15. The highest BCUT2D eigenvalue weighted by Gasteiger charge is 2.30. The summed E-state index contributed by atoms with van der Waals surface area (Å²) < 4.78 is 33.9. The van der Waals surface area contributed by atoms with Crippen LogP contribution in [-0.2, 0) is 10.0 Å². The Kier molecular flexibility index (Phi) is 5.85. The van der Waals surface area contributed by atoms with Gasteiger partial charge in [-0.05, 0) is 62.6 Å². The van der Waals surface area contributed by atoms with Crippen LogP contribution in [0.1, 0.15) is 22.6 Å². The molecule has 0 radical (unpaired) electrons. The number of nitrogens with zero attached hydrogens (tertiary/aromatic N) is 3. The molecule has 1 aromatic heterocycles. The van der Waals surface area contributed by atoms with Crippen LogP contribution in [0.3, 0.4) is 0 Å². The quantitative estimate of drug-likeness (QED) is 0.563. The summed E-state index contributed by atoms with van der Waals surface area (Å²) >= 11 is 6.17. The molecule has 8 heteroatoms. The topological polar surface area (TPSA) is 66.7 Å². The summed E-state index contributed by atoms with van der Waals surface area (Å²) in [6.07, 6.45) is 0. The molecule has 6 nitrogen and oxygen atoms in total. The third kappa shape index (κ3) is 4.10. The van der Waals surface area contributed by atoms with Gasteiger partial charge in [0.2, 0.25) is 10.0 Å². The van der Waals surface area contributed by atoms with Crippen LogP contribution < -0.4 is 4.90 Å². The predicted molar refractivity (Wildman–Crippen MR) is 123 cm³/mol. The number of hydrogen-bond acceptors (Lipinski definition) is 5. The van der Waals surface area contributed by atoms with Gasteiger partial charge in [0.15, 0.2) is 0 Å². The second-order valence-corrected chi connectivity index (χ2v) is 10.3. The van der Waals surface area contributed by atoms with Crippen molar-refractivity contribution >= 4 is 27.3 Å². The Morgan fingerprint density at radius 1 is 0.935 bits per heavy atom. The number of halogens is 1. The molecule has 0 aliphatic carbocycles. The molecule has 0 atom stereocenters. The maximum absolute atomic E-state index is 13.5. The molecular formula is C23H26ClN3O3S. The van der Waals surface area contributed by atoms with Crippen molar-refractivity contribution < 1.29 is 12.9 Å². The van der Waals surface area contributed by atoms with Gasteiger partial charge in [-0.1, -0.05) is 35.0 Å². The summed E-state index contributed by atoms with van der Waals surface area (Å²) in [5.74, 6) is 0.676. The van der Waals surface area contributed by atoms with Crippen LogP contribution >= 0.6 is 11.6 Å². The molecule has 0 unspecified atom stereocenters. The Bertz CT molecular complexity index is 1210. The van der Waals surface area contributed by atoms with Crippen LogP contribution in [0.2, 0.25) is 5.02 Å². The van der Waals surface area contributed by atoms with E-state index in [1.54, 1.807) is 10.4 Å². The average molecular weight is 460 g/mol. The van der Waals surface area contributed by atoms with Gasteiger partial charge in [-0.25, -0.2) is 8.42 Å². The number of benzene rings is 2. The van der Waals surface area contributed by atoms with Crippen LogP contribution in [0.15, 0.2) is 45.8 Å².